The molecule has 1 aliphatic heterocycles. The van der Waals surface area contributed by atoms with Gasteiger partial charge in [-0.05, 0) is 48.5 Å². The van der Waals surface area contributed by atoms with Crippen LogP contribution in [0.5, 0.6) is 0 Å². The summed E-state index contributed by atoms with van der Waals surface area (Å²) in [5, 5.41) is 0. The number of carbonyl (C=O) groups is 1. The van der Waals surface area contributed by atoms with Crippen LogP contribution in [0.3, 0.4) is 0 Å². The van der Waals surface area contributed by atoms with Crippen molar-refractivity contribution in [1.82, 2.24) is 4.72 Å². The normalized spacial score (nSPS) is 18.2. The van der Waals surface area contributed by atoms with Gasteiger partial charge in [0.05, 0.1) is 4.90 Å². The van der Waals surface area contributed by atoms with E-state index < -0.39 is 21.9 Å². The second-order valence-corrected chi connectivity index (χ2v) is 8.09. The summed E-state index contributed by atoms with van der Waals surface area (Å²) in [7, 11) is -3.71. The van der Waals surface area contributed by atoms with Gasteiger partial charge in [0.2, 0.25) is 15.9 Å². The molecule has 1 atom stereocenters. The van der Waals surface area contributed by atoms with Gasteiger partial charge >= 0.3 is 0 Å². The van der Waals surface area contributed by atoms with Gasteiger partial charge in [-0.3, -0.25) is 4.79 Å². The lowest BCUT2D eigenvalue weighted by molar-refractivity contribution is -0.117. The van der Waals surface area contributed by atoms with Crippen molar-refractivity contribution in [1.29, 1.82) is 0 Å². The molecule has 1 amide bonds. The quantitative estimate of drug-likeness (QED) is 0.839. The largest absolute Gasteiger partial charge is 0.311 e. The van der Waals surface area contributed by atoms with Crippen molar-refractivity contribution in [3.05, 3.63) is 58.8 Å². The number of hydrogen-bond acceptors (Lipinski definition) is 3. The van der Waals surface area contributed by atoms with Gasteiger partial charge in [-0.2, -0.15) is 0 Å². The van der Waals surface area contributed by atoms with E-state index in [1.165, 1.54) is 41.3 Å². The molecule has 0 aliphatic carbocycles. The Bertz CT molecular complexity index is 854. The molecule has 5 nitrogen and oxygen atoms in total. The van der Waals surface area contributed by atoms with Gasteiger partial charge < -0.3 is 4.90 Å². The molecule has 0 bridgehead atoms. The molecule has 0 spiro atoms. The first-order valence-corrected chi connectivity index (χ1v) is 9.46. The van der Waals surface area contributed by atoms with Crippen molar-refractivity contribution in [3.8, 4) is 0 Å². The third kappa shape index (κ3) is 3.66. The minimum Gasteiger partial charge on any atom is -0.311 e. The van der Waals surface area contributed by atoms with Crippen LogP contribution in [0.2, 0.25) is 0 Å². The topological polar surface area (TPSA) is 66.5 Å². The molecule has 1 N–H and O–H groups in total. The van der Waals surface area contributed by atoms with Crippen LogP contribution in [0.1, 0.15) is 6.42 Å². The number of sulfonamides is 1. The molecule has 1 heterocycles. The molecule has 3 rings (SSSR count). The summed E-state index contributed by atoms with van der Waals surface area (Å²) >= 11 is 3.25. The number of anilines is 1. The first kappa shape index (κ1) is 17.1. The van der Waals surface area contributed by atoms with Crippen molar-refractivity contribution < 1.29 is 17.6 Å². The smallest absolute Gasteiger partial charge is 0.240 e. The minimum absolute atomic E-state index is 0.0626. The van der Waals surface area contributed by atoms with E-state index in [2.05, 4.69) is 20.7 Å². The van der Waals surface area contributed by atoms with Gasteiger partial charge in [-0.15, -0.1) is 0 Å². The summed E-state index contributed by atoms with van der Waals surface area (Å²) in [4.78, 5) is 13.7. The summed E-state index contributed by atoms with van der Waals surface area (Å²) in [6.07, 6.45) is 0.0626. The second-order valence-electron chi connectivity index (χ2n) is 5.46. The second kappa shape index (κ2) is 6.62. The number of benzene rings is 2. The zero-order valence-electron chi connectivity index (χ0n) is 12.4. The van der Waals surface area contributed by atoms with Gasteiger partial charge in [0.25, 0.3) is 0 Å². The number of halogens is 2. The highest BCUT2D eigenvalue weighted by Gasteiger charge is 2.33. The maximum Gasteiger partial charge on any atom is 0.240 e. The van der Waals surface area contributed by atoms with E-state index in [0.717, 1.165) is 4.47 Å². The maximum absolute atomic E-state index is 13.0. The first-order valence-electron chi connectivity index (χ1n) is 7.19. The Morgan fingerprint density at radius 2 is 1.71 bits per heavy atom. The predicted molar refractivity (Wildman–Crippen MR) is 91.6 cm³/mol. The molecule has 8 heteroatoms. The molecule has 0 aromatic heterocycles. The van der Waals surface area contributed by atoms with Gasteiger partial charge in [0.15, 0.2) is 0 Å². The number of nitrogens with zero attached hydrogens (tertiary/aromatic N) is 1. The molecule has 2 aromatic rings. The number of nitrogens with one attached hydrogen (secondary N) is 1. The summed E-state index contributed by atoms with van der Waals surface area (Å²) in [6.45, 7) is 0.209. The van der Waals surface area contributed by atoms with Gasteiger partial charge in [-0.25, -0.2) is 17.5 Å². The van der Waals surface area contributed by atoms with Crippen LogP contribution >= 0.6 is 15.9 Å². The van der Waals surface area contributed by atoms with Crippen LogP contribution in [0.25, 0.3) is 0 Å². The summed E-state index contributed by atoms with van der Waals surface area (Å²) < 4.78 is 41.1. The average Bonchev–Trinajstić information content (AvgIpc) is 2.88. The molecule has 0 radical (unpaired) electrons. The van der Waals surface area contributed by atoms with E-state index in [4.69, 9.17) is 0 Å². The van der Waals surface area contributed by atoms with Crippen LogP contribution < -0.4 is 9.62 Å². The lowest BCUT2D eigenvalue weighted by atomic mass is 10.3. The van der Waals surface area contributed by atoms with Crippen LogP contribution in [0.4, 0.5) is 10.1 Å². The van der Waals surface area contributed by atoms with Crippen LogP contribution in [0.15, 0.2) is 57.9 Å². The summed E-state index contributed by atoms with van der Waals surface area (Å²) in [5.74, 6) is -0.594. The Kier molecular flexibility index (Phi) is 4.71. The van der Waals surface area contributed by atoms with Crippen molar-refractivity contribution in [2.24, 2.45) is 0 Å². The molecule has 1 aliphatic rings. The van der Waals surface area contributed by atoms with Crippen molar-refractivity contribution in [2.45, 2.75) is 17.4 Å². The van der Waals surface area contributed by atoms with Crippen LogP contribution in [-0.4, -0.2) is 26.9 Å². The molecule has 126 valence electrons. The fourth-order valence-electron chi connectivity index (χ4n) is 2.56. The first-order chi connectivity index (χ1) is 11.3. The number of amides is 1. The molecule has 0 unspecified atom stereocenters. The standard InChI is InChI=1S/C16H14BrFN2O3S/c17-11-1-7-15(8-2-11)24(22,23)19-13-9-16(21)20(10-13)14-5-3-12(18)4-6-14/h1-8,13,19H,9-10H2/t13-/m0/s1. The molecule has 1 fully saturated rings. The Morgan fingerprint density at radius 3 is 2.33 bits per heavy atom. The summed E-state index contributed by atoms with van der Waals surface area (Å²) in [5.41, 5.74) is 0.548. The Morgan fingerprint density at radius 1 is 1.08 bits per heavy atom. The lowest BCUT2D eigenvalue weighted by Crippen LogP contribution is -2.37. The Hall–Kier alpha value is -1.77. The van der Waals surface area contributed by atoms with Crippen LogP contribution in [-0.2, 0) is 14.8 Å². The SMILES string of the molecule is O=C1C[C@H](NS(=O)(=O)c2ccc(Br)cc2)CN1c1ccc(F)cc1. The van der Waals surface area contributed by atoms with Crippen LogP contribution in [0, 0.1) is 5.82 Å². The maximum atomic E-state index is 13.0. The third-order valence-electron chi connectivity index (χ3n) is 3.71. The minimum atomic E-state index is -3.71. The van der Waals surface area contributed by atoms with Crippen molar-refractivity contribution >= 4 is 37.5 Å². The van der Waals surface area contributed by atoms with Crippen molar-refractivity contribution in [2.75, 3.05) is 11.4 Å². The monoisotopic (exact) mass is 412 g/mol. The molecule has 2 aromatic carbocycles. The zero-order valence-corrected chi connectivity index (χ0v) is 14.8. The highest BCUT2D eigenvalue weighted by atomic mass is 79.9. The molecule has 0 saturated carbocycles. The highest BCUT2D eigenvalue weighted by Crippen LogP contribution is 2.23. The van der Waals surface area contributed by atoms with E-state index in [9.17, 15) is 17.6 Å². The number of carbonyl (C=O) groups excluding carboxylic acids is 1. The zero-order chi connectivity index (χ0) is 17.3. The predicted octanol–water partition coefficient (Wildman–Crippen LogP) is 2.67. The molecule has 1 saturated heterocycles. The highest BCUT2D eigenvalue weighted by molar-refractivity contribution is 9.10. The van der Waals surface area contributed by atoms with E-state index >= 15 is 0 Å². The van der Waals surface area contributed by atoms with Gasteiger partial charge in [-0.1, -0.05) is 15.9 Å². The van der Waals surface area contributed by atoms with Gasteiger partial charge in [0.1, 0.15) is 5.82 Å². The average molecular weight is 413 g/mol. The third-order valence-corrected chi connectivity index (χ3v) is 5.77. The molecular formula is C16H14BrFN2O3S. The van der Waals surface area contributed by atoms with E-state index in [0.29, 0.717) is 5.69 Å². The van der Waals surface area contributed by atoms with E-state index in [1.807, 2.05) is 0 Å². The number of hydrogen-bond donors (Lipinski definition) is 1. The summed E-state index contributed by atoms with van der Waals surface area (Å²) in [6, 6.07) is 11.2. The fourth-order valence-corrected chi connectivity index (χ4v) is 4.05. The lowest BCUT2D eigenvalue weighted by Gasteiger charge is -2.17. The fraction of sp³-hybridized carbons (Fsp3) is 0.188. The molecule has 24 heavy (non-hydrogen) atoms. The number of rotatable bonds is 4. The Balaban J connectivity index is 1.74. The Labute approximate surface area is 147 Å². The van der Waals surface area contributed by atoms with Gasteiger partial charge in [0, 0.05) is 29.2 Å². The van der Waals surface area contributed by atoms with E-state index in [-0.39, 0.29) is 23.8 Å². The van der Waals surface area contributed by atoms with Crippen molar-refractivity contribution in [3.63, 3.8) is 0 Å². The molecular weight excluding hydrogens is 399 g/mol. The van der Waals surface area contributed by atoms with E-state index in [1.54, 1.807) is 12.1 Å².